The zero-order valence-corrected chi connectivity index (χ0v) is 14.6. The predicted molar refractivity (Wildman–Crippen MR) is 98.4 cm³/mol. The Labute approximate surface area is 147 Å². The highest BCUT2D eigenvalue weighted by atomic mass is 32.2. The lowest BCUT2D eigenvalue weighted by molar-refractivity contribution is 0.0986. The summed E-state index contributed by atoms with van der Waals surface area (Å²) in [6.07, 6.45) is 3.23. The lowest BCUT2D eigenvalue weighted by Gasteiger charge is -2.30. The smallest absolute Gasteiger partial charge is 0.260 e. The first-order valence-corrected chi connectivity index (χ1v) is 10.1. The Bertz CT molecular complexity index is 920. The van der Waals surface area contributed by atoms with E-state index < -0.39 is 10.0 Å². The van der Waals surface area contributed by atoms with Gasteiger partial charge in [0.05, 0.1) is 16.5 Å². The number of nitrogens with one attached hydrogen (secondary N) is 1. The number of benzene rings is 2. The van der Waals surface area contributed by atoms with E-state index in [0.29, 0.717) is 30.6 Å². The van der Waals surface area contributed by atoms with Crippen molar-refractivity contribution in [3.05, 3.63) is 59.7 Å². The number of fused-ring (bicyclic) bond motifs is 1. The number of nitrogens with zero attached hydrogens (tertiary/aromatic N) is 1. The molecule has 0 saturated heterocycles. The van der Waals surface area contributed by atoms with Crippen molar-refractivity contribution >= 4 is 27.3 Å². The number of sulfonamides is 1. The highest BCUT2D eigenvalue weighted by Crippen LogP contribution is 2.32. The van der Waals surface area contributed by atoms with Crippen molar-refractivity contribution in [1.29, 1.82) is 0 Å². The third-order valence-corrected chi connectivity index (χ3v) is 6.58. The number of carbonyl (C=O) groups excluding carboxylic acids is 1. The average molecular weight is 356 g/mol. The summed E-state index contributed by atoms with van der Waals surface area (Å²) < 4.78 is 27.2. The van der Waals surface area contributed by atoms with E-state index in [9.17, 15) is 13.2 Å². The molecule has 1 fully saturated rings. The molecule has 6 heteroatoms. The van der Waals surface area contributed by atoms with Gasteiger partial charge in [0.2, 0.25) is 10.0 Å². The van der Waals surface area contributed by atoms with Crippen molar-refractivity contribution < 1.29 is 13.2 Å². The van der Waals surface area contributed by atoms with E-state index in [2.05, 4.69) is 4.72 Å². The summed E-state index contributed by atoms with van der Waals surface area (Å²) in [4.78, 5) is 14.9. The molecular formula is C19H20N2O3S. The second-order valence-corrected chi connectivity index (χ2v) is 8.54. The summed E-state index contributed by atoms with van der Waals surface area (Å²) in [5, 5.41) is -0.327. The van der Waals surface area contributed by atoms with E-state index in [1.807, 2.05) is 24.3 Å². The molecule has 0 atom stereocenters. The Balaban J connectivity index is 1.68. The van der Waals surface area contributed by atoms with Crippen molar-refractivity contribution in [3.63, 3.8) is 0 Å². The van der Waals surface area contributed by atoms with Gasteiger partial charge in [-0.05, 0) is 49.4 Å². The first kappa shape index (κ1) is 16.1. The van der Waals surface area contributed by atoms with Gasteiger partial charge in [0.15, 0.2) is 0 Å². The second kappa shape index (κ2) is 6.19. The van der Waals surface area contributed by atoms with Gasteiger partial charge < -0.3 is 4.90 Å². The van der Waals surface area contributed by atoms with Gasteiger partial charge in [-0.25, -0.2) is 8.42 Å². The molecule has 1 saturated carbocycles. The fourth-order valence-corrected chi connectivity index (χ4v) is 4.67. The van der Waals surface area contributed by atoms with Gasteiger partial charge >= 0.3 is 0 Å². The SMILES string of the molecule is O=C(c1ccccc1NS(=O)(=O)C1CC1)N1CCCc2ccccc21. The van der Waals surface area contributed by atoms with Crippen LogP contribution in [0.5, 0.6) is 0 Å². The Morgan fingerprint density at radius 3 is 2.56 bits per heavy atom. The van der Waals surface area contributed by atoms with Gasteiger partial charge in [0.25, 0.3) is 5.91 Å². The van der Waals surface area contributed by atoms with Crippen LogP contribution in [0.25, 0.3) is 0 Å². The number of anilines is 2. The van der Waals surface area contributed by atoms with E-state index in [1.54, 1.807) is 29.2 Å². The molecule has 1 aliphatic carbocycles. The average Bonchev–Trinajstić information content (AvgIpc) is 3.47. The standard InChI is InChI=1S/C19H20N2O3S/c22-19(21-13-5-7-14-6-1-4-10-18(14)21)16-8-2-3-9-17(16)20-25(23,24)15-11-12-15/h1-4,6,8-10,15,20H,5,7,11-13H2. The minimum atomic E-state index is -3.41. The van der Waals surface area contributed by atoms with E-state index in [4.69, 9.17) is 0 Å². The van der Waals surface area contributed by atoms with Crippen LogP contribution >= 0.6 is 0 Å². The molecule has 2 aromatic carbocycles. The maximum Gasteiger partial charge on any atom is 0.260 e. The molecule has 2 aliphatic rings. The number of aryl methyl sites for hydroxylation is 1. The molecule has 2 aromatic rings. The minimum Gasteiger partial charge on any atom is -0.308 e. The largest absolute Gasteiger partial charge is 0.308 e. The van der Waals surface area contributed by atoms with Crippen LogP contribution in [0.2, 0.25) is 0 Å². The predicted octanol–water partition coefficient (Wildman–Crippen LogP) is 3.18. The second-order valence-electron chi connectivity index (χ2n) is 6.58. The maximum atomic E-state index is 13.1. The van der Waals surface area contributed by atoms with Crippen LogP contribution < -0.4 is 9.62 Å². The topological polar surface area (TPSA) is 66.5 Å². The first-order valence-electron chi connectivity index (χ1n) is 8.57. The Hall–Kier alpha value is -2.34. The van der Waals surface area contributed by atoms with Crippen LogP contribution in [0.1, 0.15) is 35.2 Å². The van der Waals surface area contributed by atoms with Gasteiger partial charge in [0, 0.05) is 12.2 Å². The molecule has 25 heavy (non-hydrogen) atoms. The summed E-state index contributed by atoms with van der Waals surface area (Å²) in [6, 6.07) is 14.7. The number of amides is 1. The van der Waals surface area contributed by atoms with Gasteiger partial charge in [-0.2, -0.15) is 0 Å². The van der Waals surface area contributed by atoms with Crippen molar-refractivity contribution in [3.8, 4) is 0 Å². The van der Waals surface area contributed by atoms with Gasteiger partial charge in [-0.15, -0.1) is 0 Å². The lowest BCUT2D eigenvalue weighted by Crippen LogP contribution is -2.36. The number of rotatable bonds is 4. The van der Waals surface area contributed by atoms with Crippen LogP contribution in [0.15, 0.2) is 48.5 Å². The summed E-state index contributed by atoms with van der Waals surface area (Å²) >= 11 is 0. The summed E-state index contributed by atoms with van der Waals surface area (Å²) in [5.74, 6) is -0.166. The third kappa shape index (κ3) is 3.14. The molecule has 0 spiro atoms. The van der Waals surface area contributed by atoms with E-state index in [0.717, 1.165) is 24.1 Å². The summed E-state index contributed by atoms with van der Waals surface area (Å²) in [6.45, 7) is 0.638. The highest BCUT2D eigenvalue weighted by Gasteiger charge is 2.36. The van der Waals surface area contributed by atoms with E-state index in [1.165, 1.54) is 0 Å². The molecular weight excluding hydrogens is 336 g/mol. The number of hydrogen-bond acceptors (Lipinski definition) is 3. The Morgan fingerprint density at radius 1 is 1.04 bits per heavy atom. The molecule has 0 bridgehead atoms. The zero-order valence-electron chi connectivity index (χ0n) is 13.8. The van der Waals surface area contributed by atoms with Crippen molar-refractivity contribution in [1.82, 2.24) is 0 Å². The van der Waals surface area contributed by atoms with E-state index >= 15 is 0 Å². The quantitative estimate of drug-likeness (QED) is 0.915. The minimum absolute atomic E-state index is 0.166. The lowest BCUT2D eigenvalue weighted by atomic mass is 10.0. The van der Waals surface area contributed by atoms with Crippen molar-refractivity contribution in [2.75, 3.05) is 16.2 Å². The molecule has 0 aromatic heterocycles. The normalized spacial score (nSPS) is 17.0. The molecule has 130 valence electrons. The third-order valence-electron chi connectivity index (χ3n) is 4.73. The molecule has 1 heterocycles. The van der Waals surface area contributed by atoms with Crippen LogP contribution in [-0.4, -0.2) is 26.1 Å². The number of para-hydroxylation sites is 2. The van der Waals surface area contributed by atoms with Crippen LogP contribution in [0, 0.1) is 0 Å². The molecule has 1 amide bonds. The Kier molecular flexibility index (Phi) is 4.00. The highest BCUT2D eigenvalue weighted by molar-refractivity contribution is 7.93. The monoisotopic (exact) mass is 356 g/mol. The Morgan fingerprint density at radius 2 is 1.76 bits per heavy atom. The number of carbonyl (C=O) groups is 1. The molecule has 1 aliphatic heterocycles. The summed E-state index contributed by atoms with van der Waals surface area (Å²) in [7, 11) is -3.41. The molecule has 0 unspecified atom stereocenters. The van der Waals surface area contributed by atoms with Crippen molar-refractivity contribution in [2.24, 2.45) is 0 Å². The van der Waals surface area contributed by atoms with Crippen LogP contribution in [0.4, 0.5) is 11.4 Å². The van der Waals surface area contributed by atoms with Crippen LogP contribution in [0.3, 0.4) is 0 Å². The molecule has 4 rings (SSSR count). The van der Waals surface area contributed by atoms with Crippen LogP contribution in [-0.2, 0) is 16.4 Å². The zero-order chi connectivity index (χ0) is 17.4. The van der Waals surface area contributed by atoms with E-state index in [-0.39, 0.29) is 11.2 Å². The van der Waals surface area contributed by atoms with Crippen molar-refractivity contribution in [2.45, 2.75) is 30.9 Å². The molecule has 1 N–H and O–H groups in total. The summed E-state index contributed by atoms with van der Waals surface area (Å²) in [5.41, 5.74) is 2.82. The fourth-order valence-electron chi connectivity index (χ4n) is 3.26. The first-order chi connectivity index (χ1) is 12.1. The molecule has 0 radical (unpaired) electrons. The van der Waals surface area contributed by atoms with Gasteiger partial charge in [0.1, 0.15) is 0 Å². The molecule has 5 nitrogen and oxygen atoms in total. The maximum absolute atomic E-state index is 13.1. The number of hydrogen-bond donors (Lipinski definition) is 1. The fraction of sp³-hybridized carbons (Fsp3) is 0.316. The van der Waals surface area contributed by atoms with Gasteiger partial charge in [-0.3, -0.25) is 9.52 Å². The van der Waals surface area contributed by atoms with Gasteiger partial charge in [-0.1, -0.05) is 30.3 Å².